The topological polar surface area (TPSA) is 82.8 Å². The molecule has 1 aromatic rings. The van der Waals surface area contributed by atoms with E-state index in [9.17, 15) is 4.79 Å². The van der Waals surface area contributed by atoms with Crippen molar-refractivity contribution in [1.82, 2.24) is 0 Å². The molecule has 1 atom stereocenters. The third-order valence-electron chi connectivity index (χ3n) is 2.67. The fourth-order valence-electron chi connectivity index (χ4n) is 1.62. The highest BCUT2D eigenvalue weighted by atomic mass is 32.1. The van der Waals surface area contributed by atoms with Gasteiger partial charge in [0.2, 0.25) is 0 Å². The summed E-state index contributed by atoms with van der Waals surface area (Å²) in [4.78, 5) is 11.9. The first-order valence-corrected chi connectivity index (χ1v) is 6.70. The van der Waals surface area contributed by atoms with Crippen molar-refractivity contribution >= 4 is 28.0 Å². The van der Waals surface area contributed by atoms with Gasteiger partial charge in [0.15, 0.2) is 5.75 Å². The maximum atomic E-state index is 11.6. The van der Waals surface area contributed by atoms with E-state index in [0.29, 0.717) is 27.9 Å². The van der Waals surface area contributed by atoms with Gasteiger partial charge < -0.3 is 25.3 Å². The first-order chi connectivity index (χ1) is 9.08. The first kappa shape index (κ1) is 15.6. The van der Waals surface area contributed by atoms with Gasteiger partial charge in [-0.2, -0.15) is 0 Å². The molecule has 1 rings (SSSR count). The van der Waals surface area contributed by atoms with Crippen LogP contribution >= 0.6 is 11.3 Å². The number of esters is 1. The summed E-state index contributed by atoms with van der Waals surface area (Å²) in [5, 5.41) is 3.98. The summed E-state index contributed by atoms with van der Waals surface area (Å²) in [6, 6.07) is 0.127. The molecule has 0 aliphatic rings. The van der Waals surface area contributed by atoms with Crippen molar-refractivity contribution in [2.75, 3.05) is 39.0 Å². The number of thiophene rings is 1. The molecule has 0 saturated carbocycles. The number of carbonyl (C=O) groups is 1. The molecule has 19 heavy (non-hydrogen) atoms. The lowest BCUT2D eigenvalue weighted by atomic mass is 10.2. The van der Waals surface area contributed by atoms with Crippen molar-refractivity contribution in [2.45, 2.75) is 19.4 Å². The lowest BCUT2D eigenvalue weighted by molar-refractivity contribution is 0.0607. The fraction of sp³-hybridized carbons (Fsp3) is 0.583. The number of hydrogen-bond donors (Lipinski definition) is 2. The lowest BCUT2D eigenvalue weighted by Gasteiger charge is -2.16. The number of ether oxygens (including phenoxy) is 3. The highest BCUT2D eigenvalue weighted by molar-refractivity contribution is 7.19. The van der Waals surface area contributed by atoms with E-state index >= 15 is 0 Å². The number of nitrogens with one attached hydrogen (secondary N) is 1. The van der Waals surface area contributed by atoms with Crippen LogP contribution in [0.3, 0.4) is 0 Å². The number of methoxy groups -OCH3 is 3. The predicted molar refractivity (Wildman–Crippen MR) is 76.2 cm³/mol. The second-order valence-corrected chi connectivity index (χ2v) is 4.92. The average molecular weight is 288 g/mol. The van der Waals surface area contributed by atoms with Gasteiger partial charge in [0, 0.05) is 7.11 Å². The van der Waals surface area contributed by atoms with Gasteiger partial charge in [-0.3, -0.25) is 0 Å². The molecule has 0 bridgehead atoms. The van der Waals surface area contributed by atoms with Crippen LogP contribution in [-0.4, -0.2) is 39.9 Å². The molecule has 0 spiro atoms. The van der Waals surface area contributed by atoms with Gasteiger partial charge in [0.25, 0.3) is 0 Å². The Morgan fingerprint density at radius 1 is 1.42 bits per heavy atom. The van der Waals surface area contributed by atoms with E-state index in [2.05, 4.69) is 5.32 Å². The molecule has 0 aromatic carbocycles. The Labute approximate surface area is 116 Å². The molecule has 3 N–H and O–H groups in total. The van der Waals surface area contributed by atoms with E-state index in [0.717, 1.165) is 6.42 Å². The SMILES string of the molecule is CCC(COC)Nc1sc(C(=O)OC)c(N)c1OC. The minimum Gasteiger partial charge on any atom is -0.492 e. The first-order valence-electron chi connectivity index (χ1n) is 5.88. The summed E-state index contributed by atoms with van der Waals surface area (Å²) in [6.45, 7) is 2.60. The van der Waals surface area contributed by atoms with E-state index in [1.165, 1.54) is 25.6 Å². The lowest BCUT2D eigenvalue weighted by Crippen LogP contribution is -2.23. The van der Waals surface area contributed by atoms with Gasteiger partial charge in [-0.15, -0.1) is 11.3 Å². The van der Waals surface area contributed by atoms with E-state index in [4.69, 9.17) is 19.9 Å². The van der Waals surface area contributed by atoms with Crippen molar-refractivity contribution in [2.24, 2.45) is 0 Å². The molecule has 0 radical (unpaired) electrons. The second-order valence-electron chi connectivity index (χ2n) is 3.90. The van der Waals surface area contributed by atoms with Crippen LogP contribution in [0, 0.1) is 0 Å². The summed E-state index contributed by atoms with van der Waals surface area (Å²) in [7, 11) is 4.48. The largest absolute Gasteiger partial charge is 0.492 e. The Morgan fingerprint density at radius 3 is 2.58 bits per heavy atom. The number of anilines is 2. The quantitative estimate of drug-likeness (QED) is 0.746. The molecular formula is C12H20N2O4S. The number of rotatable bonds is 7. The van der Waals surface area contributed by atoms with Crippen molar-refractivity contribution in [1.29, 1.82) is 0 Å². The van der Waals surface area contributed by atoms with Crippen LogP contribution in [0.4, 0.5) is 10.7 Å². The summed E-state index contributed by atoms with van der Waals surface area (Å²) in [6.07, 6.45) is 0.877. The van der Waals surface area contributed by atoms with Crippen molar-refractivity contribution in [3.8, 4) is 5.75 Å². The second kappa shape index (κ2) is 7.20. The normalized spacial score (nSPS) is 12.0. The highest BCUT2D eigenvalue weighted by Crippen LogP contribution is 2.43. The molecule has 0 fully saturated rings. The summed E-state index contributed by atoms with van der Waals surface area (Å²) < 4.78 is 15.1. The summed E-state index contributed by atoms with van der Waals surface area (Å²) in [5.41, 5.74) is 6.20. The third-order valence-corrected chi connectivity index (χ3v) is 3.77. The van der Waals surface area contributed by atoms with Crippen LogP contribution in [0.15, 0.2) is 0 Å². The van der Waals surface area contributed by atoms with Crippen LogP contribution in [0.1, 0.15) is 23.0 Å². The molecule has 0 aliphatic carbocycles. The zero-order chi connectivity index (χ0) is 14.4. The molecule has 0 amide bonds. The Balaban J connectivity index is 3.03. The number of carbonyl (C=O) groups excluding carboxylic acids is 1. The number of hydrogen-bond acceptors (Lipinski definition) is 7. The standard InChI is InChI=1S/C12H20N2O4S/c1-5-7(6-16-2)14-11-9(17-3)8(13)10(19-11)12(15)18-4/h7,14H,5-6,13H2,1-4H3. The average Bonchev–Trinajstić information content (AvgIpc) is 2.73. The molecule has 7 heteroatoms. The Hall–Kier alpha value is -1.47. The number of nitrogens with two attached hydrogens (primary N) is 1. The zero-order valence-corrected chi connectivity index (χ0v) is 12.4. The van der Waals surface area contributed by atoms with Gasteiger partial charge >= 0.3 is 5.97 Å². The van der Waals surface area contributed by atoms with Gasteiger partial charge in [-0.1, -0.05) is 6.92 Å². The van der Waals surface area contributed by atoms with Crippen molar-refractivity contribution in [3.63, 3.8) is 0 Å². The monoisotopic (exact) mass is 288 g/mol. The van der Waals surface area contributed by atoms with Crippen LogP contribution < -0.4 is 15.8 Å². The minimum absolute atomic E-state index is 0.127. The number of nitrogen functional groups attached to an aromatic ring is 1. The van der Waals surface area contributed by atoms with Gasteiger partial charge in [-0.25, -0.2) is 4.79 Å². The maximum absolute atomic E-state index is 11.6. The van der Waals surface area contributed by atoms with E-state index in [1.54, 1.807) is 7.11 Å². The van der Waals surface area contributed by atoms with Gasteiger partial charge in [0.05, 0.1) is 26.9 Å². The Morgan fingerprint density at radius 2 is 2.11 bits per heavy atom. The van der Waals surface area contributed by atoms with Gasteiger partial charge in [0.1, 0.15) is 15.6 Å². The van der Waals surface area contributed by atoms with Crippen LogP contribution in [-0.2, 0) is 9.47 Å². The molecular weight excluding hydrogens is 268 g/mol. The van der Waals surface area contributed by atoms with Crippen molar-refractivity contribution < 1.29 is 19.0 Å². The molecule has 1 unspecified atom stereocenters. The van der Waals surface area contributed by atoms with Crippen LogP contribution in [0.25, 0.3) is 0 Å². The molecule has 108 valence electrons. The van der Waals surface area contributed by atoms with E-state index in [1.807, 2.05) is 6.92 Å². The molecule has 0 aliphatic heterocycles. The highest BCUT2D eigenvalue weighted by Gasteiger charge is 2.23. The smallest absolute Gasteiger partial charge is 0.350 e. The van der Waals surface area contributed by atoms with Crippen LogP contribution in [0.5, 0.6) is 5.75 Å². The van der Waals surface area contributed by atoms with E-state index < -0.39 is 5.97 Å². The molecule has 1 heterocycles. The minimum atomic E-state index is -0.464. The third kappa shape index (κ3) is 3.51. The fourth-order valence-corrected chi connectivity index (χ4v) is 2.70. The summed E-state index contributed by atoms with van der Waals surface area (Å²) in [5.74, 6) is 0.00796. The Bertz CT molecular complexity index is 434. The van der Waals surface area contributed by atoms with E-state index in [-0.39, 0.29) is 6.04 Å². The zero-order valence-electron chi connectivity index (χ0n) is 11.6. The molecule has 6 nitrogen and oxygen atoms in total. The molecule has 1 aromatic heterocycles. The van der Waals surface area contributed by atoms with Crippen LogP contribution in [0.2, 0.25) is 0 Å². The molecule has 0 saturated heterocycles. The predicted octanol–water partition coefficient (Wildman–Crippen LogP) is 1.96. The maximum Gasteiger partial charge on any atom is 0.350 e. The Kier molecular flexibility index (Phi) is 5.91. The van der Waals surface area contributed by atoms with Crippen molar-refractivity contribution in [3.05, 3.63) is 4.88 Å². The summed E-state index contributed by atoms with van der Waals surface area (Å²) >= 11 is 1.22. The van der Waals surface area contributed by atoms with Gasteiger partial charge in [-0.05, 0) is 6.42 Å².